The fourth-order valence-corrected chi connectivity index (χ4v) is 14.5. The molecule has 2 aromatic rings. The monoisotopic (exact) mass is 1980 g/mol. The molecular weight excluding hydrogens is 1840 g/mol. The lowest BCUT2D eigenvalue weighted by Gasteiger charge is -2.31. The molecule has 1 aliphatic heterocycles. The molecule has 778 valence electrons. The van der Waals surface area contributed by atoms with Crippen molar-refractivity contribution < 1.29 is 132 Å². The number of aliphatic hydroxyl groups excluding tert-OH is 1. The van der Waals surface area contributed by atoms with Crippen molar-refractivity contribution in [1.29, 1.82) is 16.2 Å². The Morgan fingerprint density at radius 3 is 1.17 bits per heavy atom. The van der Waals surface area contributed by atoms with E-state index in [-0.39, 0.29) is 115 Å². The van der Waals surface area contributed by atoms with Crippen LogP contribution in [0.5, 0.6) is 5.75 Å². The van der Waals surface area contributed by atoms with Crippen LogP contribution in [0.25, 0.3) is 0 Å². The number of carbonyl (C=O) groups excluding carboxylic acids is 15. The Hall–Kier alpha value is -14.6. The third kappa shape index (κ3) is 44.2. The number of carboxylic acid groups (broad SMARTS) is 5. The molecule has 140 heavy (non-hydrogen) atoms. The highest BCUT2D eigenvalue weighted by atomic mass is 16.4. The van der Waals surface area contributed by atoms with E-state index in [1.807, 2.05) is 5.32 Å². The number of nitrogens with two attached hydrogens (primary N) is 4. The first-order valence-corrected chi connectivity index (χ1v) is 45.8. The average Bonchev–Trinajstić information content (AvgIpc) is 1.63. The van der Waals surface area contributed by atoms with Crippen LogP contribution in [0, 0.1) is 39.9 Å². The van der Waals surface area contributed by atoms with E-state index in [4.69, 9.17) is 39.2 Å². The van der Waals surface area contributed by atoms with Crippen molar-refractivity contribution in [3.8, 4) is 5.75 Å². The SMILES string of the molecule is CC[C@H](C)[C@H](NC(=O)[C@@H](NC(=O)[C@H](CCCNC(=N)N)NC(=O)[C@H](CC(C)C)NC(=O)[C@H](CCC(=O)O)NC(=O)[C@H](CC(C)C)NC(=O)[C@H](CC(=O)O)NC(=O)[C@H](CCCNC(=N)N)NC(=O)[C@H](Cc1ccccc1)NC(=O)[C@@H]1CCCN1C(=O)[C@H](CCC(=O)O)NC(=O)[C@@H](N)Cc1ccc(O)cc1)C(C)C)C(=O)N[C@@H](C)C(=O)N[C@@H](CCCNC(=N)N)C(=O)N[C@@H](CC(=O)O)C(=O)N[C@@H](CO)C(=O)O. The summed E-state index contributed by atoms with van der Waals surface area (Å²) in [6, 6.07) is -12.5. The number of hydrogen-bond acceptors (Lipinski definition) is 26. The van der Waals surface area contributed by atoms with Gasteiger partial charge in [-0.2, -0.15) is 0 Å². The van der Waals surface area contributed by atoms with Crippen LogP contribution in [-0.4, -0.2) is 306 Å². The topological polar surface area (TPSA) is 866 Å². The lowest BCUT2D eigenvalue weighted by atomic mass is 9.96. The molecule has 3 rings (SSSR count). The van der Waals surface area contributed by atoms with E-state index < -0.39 is 302 Å². The maximum atomic E-state index is 14.9. The molecule has 0 unspecified atom stereocenters. The summed E-state index contributed by atoms with van der Waals surface area (Å²) >= 11 is 0. The van der Waals surface area contributed by atoms with Crippen LogP contribution >= 0.6 is 0 Å². The van der Waals surface area contributed by atoms with Crippen LogP contribution in [0.4, 0.5) is 0 Å². The number of benzene rings is 2. The summed E-state index contributed by atoms with van der Waals surface area (Å²) < 4.78 is 0. The van der Waals surface area contributed by atoms with Gasteiger partial charge in [0, 0.05) is 45.4 Å². The molecule has 17 atom stereocenters. The largest absolute Gasteiger partial charge is 0.508 e. The fourth-order valence-electron chi connectivity index (χ4n) is 14.5. The van der Waals surface area contributed by atoms with Crippen molar-refractivity contribution >= 4 is 136 Å². The standard InChI is InChI=1S/C88H139N25O27/c1-10-46(8)69(83(137)99-47(9)70(124)100-52(20-14-32-96-86(90)91)72(126)108-61(41-67(122)123)80(134)110-62(42-114)85(139)140)112-82(136)68(45(6)7)111-75(129)54(22-16-34-98-88(94)95)102-76(130)57(36-43(2)3)105-74(128)55(28-30-64(116)117)103-77(131)58(37-44(4)5)106-79(133)60(40-66(120)121)107-73(127)53(21-15-33-97-87(92)93)101-78(132)59(39-48-18-12-11-13-19-48)109-81(135)63-23-17-35-113(63)84(138)56(29-31-65(118)119)104-71(125)51(89)38-49-24-26-50(115)27-25-49/h11-13,18-19,24-27,43-47,51-63,68-69,114-115H,10,14-17,20-23,28-42,89H2,1-9H3,(H,99,137)(H,100,124)(H,101,132)(H,102,130)(H,103,131)(H,104,125)(H,105,128)(H,106,133)(H,107,127)(H,108,126)(H,109,135)(H,110,134)(H,111,129)(H,112,136)(H,116,117)(H,118,119)(H,120,121)(H,122,123)(H,139,140)(H4,90,91,96)(H4,92,93,97)(H4,94,95,98)/t46-,47-,51-,52-,53-,54-,55-,56-,57-,58-,59-,60-,61-,62-,63-,68-,69-/m0/s1. The van der Waals surface area contributed by atoms with Gasteiger partial charge in [0.05, 0.1) is 25.5 Å². The first kappa shape index (κ1) is 120. The summed E-state index contributed by atoms with van der Waals surface area (Å²) in [7, 11) is 0. The van der Waals surface area contributed by atoms with E-state index in [1.54, 1.807) is 71.9 Å². The lowest BCUT2D eigenvalue weighted by molar-refractivity contribution is -0.144. The number of aliphatic hydroxyl groups is 1. The van der Waals surface area contributed by atoms with Gasteiger partial charge in [0.1, 0.15) is 96.4 Å². The van der Waals surface area contributed by atoms with Crippen LogP contribution in [0.1, 0.15) is 183 Å². The molecule has 0 bridgehead atoms. The number of likely N-dealkylation sites (tertiary alicyclic amines) is 1. The van der Waals surface area contributed by atoms with Gasteiger partial charge in [-0.15, -0.1) is 0 Å². The molecule has 1 aliphatic rings. The average molecular weight is 1980 g/mol. The second kappa shape index (κ2) is 60.9. The van der Waals surface area contributed by atoms with Gasteiger partial charge in [-0.3, -0.25) is 107 Å². The summed E-state index contributed by atoms with van der Waals surface area (Å²) in [5, 5.41) is 133. The Morgan fingerprint density at radius 1 is 0.400 bits per heavy atom. The highest BCUT2D eigenvalue weighted by molar-refractivity contribution is 6.02. The zero-order chi connectivity index (χ0) is 105. The number of carboxylic acids is 5. The third-order valence-corrected chi connectivity index (χ3v) is 22.2. The number of guanidine groups is 3. The molecule has 2 aromatic carbocycles. The smallest absolute Gasteiger partial charge is 0.328 e. The van der Waals surface area contributed by atoms with Gasteiger partial charge in [-0.05, 0) is 137 Å². The highest BCUT2D eigenvalue weighted by Gasteiger charge is 2.43. The van der Waals surface area contributed by atoms with Crippen LogP contribution in [-0.2, 0) is 109 Å². The minimum atomic E-state index is -2.09. The second-order valence-electron chi connectivity index (χ2n) is 35.2. The molecule has 1 heterocycles. The van der Waals surface area contributed by atoms with Crippen molar-refractivity contribution in [1.82, 2.24) is 95.3 Å². The molecule has 0 aromatic heterocycles. The number of hydrogen-bond donors (Lipinski definition) is 31. The van der Waals surface area contributed by atoms with Gasteiger partial charge in [0.2, 0.25) is 88.6 Å². The van der Waals surface area contributed by atoms with Crippen LogP contribution in [0.2, 0.25) is 0 Å². The number of rotatable bonds is 64. The summed E-state index contributed by atoms with van der Waals surface area (Å²) in [6.45, 7) is 12.5. The zero-order valence-electron chi connectivity index (χ0n) is 79.8. The van der Waals surface area contributed by atoms with Gasteiger partial charge >= 0.3 is 29.8 Å². The Balaban J connectivity index is 1.99. The first-order chi connectivity index (χ1) is 65.7. The van der Waals surface area contributed by atoms with Gasteiger partial charge in [0.25, 0.3) is 0 Å². The minimum Gasteiger partial charge on any atom is -0.508 e. The molecule has 35 N–H and O–H groups in total. The fraction of sp³-hybridized carbons (Fsp3) is 0.602. The molecule has 52 nitrogen and oxygen atoms in total. The summed E-state index contributed by atoms with van der Waals surface area (Å²) in [5.74, 6) is -27.9. The number of phenols is 1. The van der Waals surface area contributed by atoms with Crippen molar-refractivity contribution in [3.05, 3.63) is 65.7 Å². The Labute approximate surface area is 808 Å². The molecule has 1 saturated heterocycles. The maximum Gasteiger partial charge on any atom is 0.328 e. The van der Waals surface area contributed by atoms with E-state index >= 15 is 0 Å². The van der Waals surface area contributed by atoms with Gasteiger partial charge in [-0.25, -0.2) is 4.79 Å². The van der Waals surface area contributed by atoms with E-state index in [2.05, 4.69) is 85.1 Å². The first-order valence-electron chi connectivity index (χ1n) is 45.8. The number of aromatic hydroxyl groups is 1. The Morgan fingerprint density at radius 2 is 0.764 bits per heavy atom. The molecule has 0 saturated carbocycles. The summed E-state index contributed by atoms with van der Waals surface area (Å²) in [6.07, 6.45) is -6.22. The van der Waals surface area contributed by atoms with E-state index in [1.165, 1.54) is 45.0 Å². The number of carbonyl (C=O) groups is 20. The van der Waals surface area contributed by atoms with Crippen LogP contribution in [0.3, 0.4) is 0 Å². The molecule has 0 spiro atoms. The van der Waals surface area contributed by atoms with E-state index in [0.29, 0.717) is 11.1 Å². The van der Waals surface area contributed by atoms with Crippen molar-refractivity contribution in [3.63, 3.8) is 0 Å². The molecular formula is C88H139N25O27. The Kier molecular flexibility index (Phi) is 52.0. The number of amides is 15. The zero-order valence-corrected chi connectivity index (χ0v) is 79.8. The number of aliphatic carboxylic acids is 5. The second-order valence-corrected chi connectivity index (χ2v) is 35.2. The molecule has 15 amide bonds. The van der Waals surface area contributed by atoms with Gasteiger partial charge < -0.3 is 154 Å². The number of phenolic OH excluding ortho intramolecular Hbond substituents is 1. The predicted octanol–water partition coefficient (Wildman–Crippen LogP) is -6.36. The van der Waals surface area contributed by atoms with Crippen molar-refractivity contribution in [2.45, 2.75) is 281 Å². The quantitative estimate of drug-likeness (QED) is 0.0166. The van der Waals surface area contributed by atoms with Crippen molar-refractivity contribution in [2.75, 3.05) is 32.8 Å². The molecule has 1 fully saturated rings. The number of nitrogens with zero attached hydrogens (tertiary/aromatic N) is 1. The van der Waals surface area contributed by atoms with Gasteiger partial charge in [0.15, 0.2) is 17.9 Å². The summed E-state index contributed by atoms with van der Waals surface area (Å²) in [5.41, 5.74) is 23.7. The van der Waals surface area contributed by atoms with Crippen LogP contribution < -0.4 is 113 Å². The Bertz CT molecular complexity index is 4630. The maximum absolute atomic E-state index is 14.9. The predicted molar refractivity (Wildman–Crippen MR) is 501 cm³/mol. The molecule has 52 heteroatoms. The van der Waals surface area contributed by atoms with E-state index in [0.717, 1.165) is 4.90 Å². The van der Waals surface area contributed by atoms with Crippen molar-refractivity contribution in [2.24, 2.45) is 46.6 Å². The van der Waals surface area contributed by atoms with E-state index in [9.17, 15) is 132 Å². The molecule has 0 radical (unpaired) electrons. The minimum absolute atomic E-state index is 0.0120. The third-order valence-electron chi connectivity index (χ3n) is 22.2. The summed E-state index contributed by atoms with van der Waals surface area (Å²) in [4.78, 5) is 277. The van der Waals surface area contributed by atoms with Crippen LogP contribution in [0.15, 0.2) is 54.6 Å². The van der Waals surface area contributed by atoms with Gasteiger partial charge in [-0.1, -0.05) is 104 Å². The highest BCUT2D eigenvalue weighted by Crippen LogP contribution is 2.23. The molecule has 0 aliphatic carbocycles. The normalized spacial score (nSPS) is 15.6. The number of nitrogens with one attached hydrogen (secondary N) is 20. The lowest BCUT2D eigenvalue weighted by Crippen LogP contribution is -2.62.